The van der Waals surface area contributed by atoms with Crippen LogP contribution in [0.25, 0.3) is 0 Å². The molecule has 2 aromatic heterocycles. The zero-order valence-electron chi connectivity index (χ0n) is 21.9. The highest BCUT2D eigenvalue weighted by Crippen LogP contribution is 2.41. The predicted molar refractivity (Wildman–Crippen MR) is 142 cm³/mol. The summed E-state index contributed by atoms with van der Waals surface area (Å²) in [5.74, 6) is -1.97. The van der Waals surface area contributed by atoms with Crippen molar-refractivity contribution in [1.29, 1.82) is 0 Å². The molecule has 0 radical (unpaired) electrons. The molecule has 4 atom stereocenters. The van der Waals surface area contributed by atoms with Crippen LogP contribution in [-0.4, -0.2) is 34.3 Å². The molecular weight excluding hydrogens is 572 g/mol. The van der Waals surface area contributed by atoms with Gasteiger partial charge in [0.25, 0.3) is 5.56 Å². The monoisotopic (exact) mass is 597 g/mol. The number of nitrogens with zero attached hydrogens (tertiary/aromatic N) is 2. The minimum atomic E-state index is -4.96. The van der Waals surface area contributed by atoms with Gasteiger partial charge in [0, 0.05) is 18.1 Å². The topological polar surface area (TPSA) is 153 Å². The molecule has 0 bridgehead atoms. The van der Waals surface area contributed by atoms with Crippen LogP contribution in [0.15, 0.2) is 101 Å². The van der Waals surface area contributed by atoms with Crippen LogP contribution in [0, 0.1) is 5.82 Å². The number of carbonyl (C=O) groups is 1. The Morgan fingerprint density at radius 2 is 1.81 bits per heavy atom. The first-order valence-corrected chi connectivity index (χ1v) is 14.2. The first-order valence-electron chi connectivity index (χ1n) is 12.8. The van der Waals surface area contributed by atoms with E-state index in [1.165, 1.54) is 24.4 Å². The molecule has 2 aromatic carbocycles. The molecule has 1 aliphatic rings. The van der Waals surface area contributed by atoms with E-state index >= 15 is 0 Å². The summed E-state index contributed by atoms with van der Waals surface area (Å²) in [7, 11) is -4.96. The normalized spacial score (nSPS) is 19.6. The second kappa shape index (κ2) is 12.6. The van der Waals surface area contributed by atoms with Crippen LogP contribution >= 0.6 is 7.82 Å². The van der Waals surface area contributed by atoms with Crippen molar-refractivity contribution in [3.05, 3.63) is 129 Å². The van der Waals surface area contributed by atoms with Gasteiger partial charge in [-0.05, 0) is 18.2 Å². The molecule has 4 aromatic rings. The summed E-state index contributed by atoms with van der Waals surface area (Å²) in [5, 5.41) is 0. The Kier molecular flexibility index (Phi) is 8.74. The zero-order chi connectivity index (χ0) is 29.7. The fourth-order valence-corrected chi connectivity index (χ4v) is 5.11. The molecule has 0 amide bonds. The number of ether oxygens (including phenoxy) is 2. The van der Waals surface area contributed by atoms with Crippen LogP contribution in [0.5, 0.6) is 5.75 Å². The van der Waals surface area contributed by atoms with Crippen molar-refractivity contribution in [2.45, 2.75) is 31.4 Å². The molecule has 1 unspecified atom stereocenters. The maximum atomic E-state index is 13.9. The first-order chi connectivity index (χ1) is 20.2. The largest absolute Gasteiger partial charge is 0.746 e. The van der Waals surface area contributed by atoms with E-state index in [1.807, 2.05) is 35.3 Å². The molecule has 218 valence electrons. The predicted octanol–water partition coefficient (Wildman–Crippen LogP) is 2.09. The van der Waals surface area contributed by atoms with Crippen LogP contribution in [0.4, 0.5) is 4.39 Å². The molecule has 0 aliphatic carbocycles. The van der Waals surface area contributed by atoms with Crippen molar-refractivity contribution < 1.29 is 41.7 Å². The van der Waals surface area contributed by atoms with E-state index < -0.39 is 55.9 Å². The van der Waals surface area contributed by atoms with Gasteiger partial charge in [0.2, 0.25) is 12.0 Å². The third-order valence-corrected chi connectivity index (χ3v) is 7.24. The van der Waals surface area contributed by atoms with Gasteiger partial charge in [-0.1, -0.05) is 48.5 Å². The Bertz CT molecular complexity index is 1720. The number of carbonyl (C=O) groups excluding carboxylic acids is 1. The molecule has 42 heavy (non-hydrogen) atoms. The lowest BCUT2D eigenvalue weighted by Crippen LogP contribution is -2.34. The number of pyridine rings is 1. The van der Waals surface area contributed by atoms with Crippen molar-refractivity contribution in [1.82, 2.24) is 9.55 Å². The number of H-pyrrole nitrogens is 1. The Hall–Kier alpha value is -4.42. The average Bonchev–Trinajstić information content (AvgIpc) is 3.37. The van der Waals surface area contributed by atoms with E-state index in [4.69, 9.17) is 18.5 Å². The van der Waals surface area contributed by atoms with Crippen molar-refractivity contribution >= 4 is 13.8 Å². The number of esters is 1. The Morgan fingerprint density at radius 3 is 2.55 bits per heavy atom. The number of hydrogen-bond donors (Lipinski definition) is 1. The van der Waals surface area contributed by atoms with Gasteiger partial charge in [0.05, 0.1) is 18.4 Å². The maximum absolute atomic E-state index is 13.9. The highest BCUT2D eigenvalue weighted by atomic mass is 31.2. The Balaban J connectivity index is 1.29. The molecular formula is C28H25FN3O9P. The molecule has 12 nitrogen and oxygen atoms in total. The standard InChI is InChI=1S/C28H25FN3O9P/c29-22-17-32(28(35)30-26(22)33)25-14-23(40-27(34)20-10-5-2-6-11-20)24(39-25)18-38-42(36,37)41-21-12-7-13-31(16-21)15-19-8-3-1-4-9-19/h1-13,16-17,23-25H,14-15,18H2,(H-,30,33,35,36,37)/t23-,24+,25+/m0/s1. The Morgan fingerprint density at radius 1 is 1.10 bits per heavy atom. The van der Waals surface area contributed by atoms with Gasteiger partial charge in [-0.2, -0.15) is 8.96 Å². The molecule has 3 heterocycles. The molecule has 0 saturated carbocycles. The summed E-state index contributed by atoms with van der Waals surface area (Å²) in [6.45, 7) is -0.181. The summed E-state index contributed by atoms with van der Waals surface area (Å²) < 4.78 is 50.7. The lowest BCUT2D eigenvalue weighted by atomic mass is 10.1. The van der Waals surface area contributed by atoms with Crippen LogP contribution in [0.2, 0.25) is 0 Å². The van der Waals surface area contributed by atoms with E-state index in [9.17, 15) is 28.2 Å². The molecule has 14 heteroatoms. The minimum absolute atomic E-state index is 0.000644. The summed E-state index contributed by atoms with van der Waals surface area (Å²) >= 11 is 0. The zero-order valence-corrected chi connectivity index (χ0v) is 22.8. The van der Waals surface area contributed by atoms with Gasteiger partial charge in [0.15, 0.2) is 18.5 Å². The van der Waals surface area contributed by atoms with Crippen molar-refractivity contribution in [2.24, 2.45) is 0 Å². The van der Waals surface area contributed by atoms with Crippen molar-refractivity contribution in [2.75, 3.05) is 6.61 Å². The van der Waals surface area contributed by atoms with Crippen molar-refractivity contribution in [3.8, 4) is 5.75 Å². The van der Waals surface area contributed by atoms with Crippen LogP contribution in [0.1, 0.15) is 28.6 Å². The van der Waals surface area contributed by atoms with Gasteiger partial charge < -0.3 is 23.4 Å². The number of nitrogens with one attached hydrogen (secondary N) is 1. The van der Waals surface area contributed by atoms with E-state index in [0.29, 0.717) is 12.7 Å². The van der Waals surface area contributed by atoms with Crippen molar-refractivity contribution in [3.63, 3.8) is 0 Å². The fraction of sp³-hybridized carbons (Fsp3) is 0.214. The average molecular weight is 597 g/mol. The van der Waals surface area contributed by atoms with Gasteiger partial charge in [-0.25, -0.2) is 9.59 Å². The van der Waals surface area contributed by atoms with Gasteiger partial charge in [-0.15, -0.1) is 0 Å². The molecule has 1 aliphatic heterocycles. The fourth-order valence-electron chi connectivity index (χ4n) is 4.36. The van der Waals surface area contributed by atoms with Gasteiger partial charge in [0.1, 0.15) is 18.4 Å². The number of hydrogen-bond acceptors (Lipinski definition) is 9. The summed E-state index contributed by atoms with van der Waals surface area (Å²) in [5.41, 5.74) is -0.964. The quantitative estimate of drug-likeness (QED) is 0.165. The molecule has 0 spiro atoms. The number of halogens is 1. The van der Waals surface area contributed by atoms with Gasteiger partial charge >= 0.3 is 19.5 Å². The molecule has 5 rings (SSSR count). The lowest BCUT2D eigenvalue weighted by molar-refractivity contribution is -0.688. The van der Waals surface area contributed by atoms with E-state index in [2.05, 4.69) is 0 Å². The number of rotatable bonds is 10. The molecule has 1 N–H and O–H groups in total. The number of phosphoric ester groups is 1. The third-order valence-electron chi connectivity index (χ3n) is 6.34. The number of aromatic nitrogens is 3. The summed E-state index contributed by atoms with van der Waals surface area (Å²) in [6, 6.07) is 20.6. The Labute approximate surface area is 238 Å². The van der Waals surface area contributed by atoms with Gasteiger partial charge in [-0.3, -0.25) is 18.9 Å². The maximum Gasteiger partial charge on any atom is 0.338 e. The van der Waals surface area contributed by atoms with Crippen LogP contribution in [-0.2, 0) is 25.1 Å². The minimum Gasteiger partial charge on any atom is -0.746 e. The highest BCUT2D eigenvalue weighted by molar-refractivity contribution is 7.46. The number of aromatic amines is 1. The molecule has 1 saturated heterocycles. The lowest BCUT2D eigenvalue weighted by Gasteiger charge is -2.25. The highest BCUT2D eigenvalue weighted by Gasteiger charge is 2.40. The second-order valence-corrected chi connectivity index (χ2v) is 10.7. The SMILES string of the molecule is O=C(O[C@H]1C[C@H](n2cc(F)c(=O)[nH]c2=O)O[C@@H]1COP(=O)([O-])Oc1ccc[n+](Cc2ccccc2)c1)c1ccccc1. The first kappa shape index (κ1) is 29.1. The van der Waals surface area contributed by atoms with E-state index in [1.54, 1.807) is 35.0 Å². The second-order valence-electron chi connectivity index (χ2n) is 9.35. The smallest absolute Gasteiger partial charge is 0.338 e. The number of phosphoric acid groups is 1. The van der Waals surface area contributed by atoms with Crippen LogP contribution in [0.3, 0.4) is 0 Å². The van der Waals surface area contributed by atoms with Crippen LogP contribution < -0.4 is 25.2 Å². The summed E-state index contributed by atoms with van der Waals surface area (Å²) in [4.78, 5) is 51.0. The van der Waals surface area contributed by atoms with E-state index in [-0.39, 0.29) is 17.7 Å². The number of benzene rings is 2. The molecule has 1 fully saturated rings. The van der Waals surface area contributed by atoms with E-state index in [0.717, 1.165) is 10.1 Å². The third kappa shape index (κ3) is 7.25. The summed E-state index contributed by atoms with van der Waals surface area (Å²) in [6.07, 6.45) is 0.223.